The van der Waals surface area contributed by atoms with Crippen LogP contribution in [0.15, 0.2) is 42.5 Å². The molecule has 0 unspecified atom stereocenters. The Morgan fingerprint density at radius 2 is 1.55 bits per heavy atom. The third-order valence-corrected chi connectivity index (χ3v) is 20.1. The lowest BCUT2D eigenvalue weighted by atomic mass is 9.32. The Morgan fingerprint density at radius 1 is 0.833 bits per heavy atom. The van der Waals surface area contributed by atoms with Crippen molar-refractivity contribution < 1.29 is 14.7 Å². The maximum Gasteiger partial charge on any atom is 0.237 e. The Labute approximate surface area is 365 Å². The van der Waals surface area contributed by atoms with Gasteiger partial charge in [0.2, 0.25) is 11.8 Å². The van der Waals surface area contributed by atoms with Gasteiger partial charge in [0.25, 0.3) is 0 Å². The van der Waals surface area contributed by atoms with Crippen LogP contribution in [0.2, 0.25) is 0 Å². The summed E-state index contributed by atoms with van der Waals surface area (Å²) < 4.78 is 0. The van der Waals surface area contributed by atoms with Crippen molar-refractivity contribution in [3.8, 4) is 0 Å². The van der Waals surface area contributed by atoms with Crippen LogP contribution in [0.3, 0.4) is 0 Å². The summed E-state index contributed by atoms with van der Waals surface area (Å²) in [6, 6.07) is 9.68. The number of benzene rings is 1. The molecule has 6 saturated carbocycles. The zero-order valence-corrected chi connectivity index (χ0v) is 39.5. The predicted molar refractivity (Wildman–Crippen MR) is 245 cm³/mol. The molecule has 14 atom stereocenters. The van der Waals surface area contributed by atoms with Crippen LogP contribution in [0.25, 0.3) is 0 Å². The van der Waals surface area contributed by atoms with Gasteiger partial charge in [-0.3, -0.25) is 14.5 Å². The number of allylic oxidation sites excluding steroid dienone is 1. The van der Waals surface area contributed by atoms with Crippen molar-refractivity contribution >= 4 is 11.8 Å². The van der Waals surface area contributed by atoms with Crippen LogP contribution >= 0.6 is 0 Å². The summed E-state index contributed by atoms with van der Waals surface area (Å²) in [5.41, 5.74) is 2.81. The van der Waals surface area contributed by atoms with Gasteiger partial charge in [-0.25, -0.2) is 0 Å². The number of carbonyl (C=O) groups is 2. The summed E-state index contributed by atoms with van der Waals surface area (Å²) >= 11 is 0. The van der Waals surface area contributed by atoms with E-state index in [2.05, 4.69) is 109 Å². The molecule has 0 bridgehead atoms. The molecular weight excluding hydrogens is 739 g/mol. The molecule has 0 radical (unpaired) electrons. The summed E-state index contributed by atoms with van der Waals surface area (Å²) in [5.74, 6) is 3.98. The number of piperidine rings is 1. The standard InChI is InChI=1S/C54H85N3O3/c1-35(2)39-23-28-54(30-29-52(9)40(46(39)54)21-22-45-51(8)26-16-25-50(6,7)44(51)24-27-53(45,52)10)48(60)55-41(31-36-17-12-11-13-18-36)43(58)34-57-33-38-20-15-14-19-37(38)32-42(57)47(59)56-49(3,4)5/h11-13,17-18,37-46,58H,1,14-16,19-34H2,2-10H3,(H,55,60)(H,56,59)/t37-,38+,39-,40+,41-,42-,43+,44+,45+,46+,51+,52+,53+,54-/m0/s1. The number of likely N-dealkylation sites (tertiary alicyclic amines) is 1. The first-order chi connectivity index (χ1) is 28.2. The van der Waals surface area contributed by atoms with Crippen molar-refractivity contribution in [1.82, 2.24) is 15.5 Å². The third kappa shape index (κ3) is 7.57. The lowest BCUT2D eigenvalue weighted by molar-refractivity contribution is -0.235. The molecule has 8 rings (SSSR count). The highest BCUT2D eigenvalue weighted by Crippen LogP contribution is 2.77. The van der Waals surface area contributed by atoms with Crippen LogP contribution in [0.4, 0.5) is 0 Å². The maximum atomic E-state index is 15.6. The highest BCUT2D eigenvalue weighted by Gasteiger charge is 2.71. The van der Waals surface area contributed by atoms with E-state index in [1.165, 1.54) is 76.2 Å². The van der Waals surface area contributed by atoms with Gasteiger partial charge in [0.1, 0.15) is 0 Å². The van der Waals surface area contributed by atoms with E-state index in [0.29, 0.717) is 47.5 Å². The number of aliphatic hydroxyl groups is 1. The third-order valence-electron chi connectivity index (χ3n) is 20.1. The van der Waals surface area contributed by atoms with Gasteiger partial charge in [-0.05, 0) is 180 Å². The lowest BCUT2D eigenvalue weighted by Gasteiger charge is -2.72. The van der Waals surface area contributed by atoms with Gasteiger partial charge >= 0.3 is 0 Å². The Balaban J connectivity index is 1.08. The van der Waals surface area contributed by atoms with Crippen molar-refractivity contribution in [3.05, 3.63) is 48.0 Å². The number of carbonyl (C=O) groups excluding carboxylic acids is 2. The number of β-amino-alcohol motifs (C(OH)–C–C–N with tert-alkyl or cyclic N) is 1. The first kappa shape index (κ1) is 44.4. The number of rotatable bonds is 9. The van der Waals surface area contributed by atoms with Gasteiger partial charge in [-0.1, -0.05) is 103 Å². The quantitative estimate of drug-likeness (QED) is 0.217. The molecule has 0 aromatic heterocycles. The molecule has 334 valence electrons. The SMILES string of the molecule is C=C(C)[C@@H]1CC[C@]2(C(=O)N[C@@H](Cc3ccccc3)[C@H](O)CN3C[C@H]4CCCC[C@H]4C[C@H]3C(=O)NC(C)(C)C)CC[C@]3(C)[C@H](CC[C@@H]4[C@]5(C)CCCC(C)(C)[C@H]5CC[C@]43C)[C@@H]12. The molecule has 1 aliphatic heterocycles. The molecule has 1 aromatic carbocycles. The highest BCUT2D eigenvalue weighted by molar-refractivity contribution is 5.84. The fourth-order valence-electron chi connectivity index (χ4n) is 17.1. The monoisotopic (exact) mass is 824 g/mol. The van der Waals surface area contributed by atoms with Gasteiger partial charge in [-0.2, -0.15) is 0 Å². The topological polar surface area (TPSA) is 81.7 Å². The molecule has 1 aromatic rings. The molecule has 1 saturated heterocycles. The van der Waals surface area contributed by atoms with Crippen LogP contribution < -0.4 is 10.6 Å². The van der Waals surface area contributed by atoms with Crippen molar-refractivity contribution in [2.24, 2.45) is 68.5 Å². The van der Waals surface area contributed by atoms with E-state index < -0.39 is 17.6 Å². The molecule has 6 nitrogen and oxygen atoms in total. The van der Waals surface area contributed by atoms with Gasteiger partial charge in [0, 0.05) is 18.6 Å². The van der Waals surface area contributed by atoms with Crippen molar-refractivity contribution in [2.75, 3.05) is 13.1 Å². The van der Waals surface area contributed by atoms with Gasteiger partial charge in [-0.15, -0.1) is 0 Å². The van der Waals surface area contributed by atoms with E-state index in [-0.39, 0.29) is 40.1 Å². The molecule has 2 amide bonds. The molecule has 3 N–H and O–H groups in total. The molecule has 1 heterocycles. The molecule has 7 fully saturated rings. The van der Waals surface area contributed by atoms with E-state index in [0.717, 1.165) is 56.0 Å². The Morgan fingerprint density at radius 3 is 2.25 bits per heavy atom. The van der Waals surface area contributed by atoms with Crippen LogP contribution in [-0.4, -0.2) is 58.6 Å². The smallest absolute Gasteiger partial charge is 0.237 e. The summed E-state index contributed by atoms with van der Waals surface area (Å²) in [5, 5.41) is 19.5. The number of fused-ring (bicyclic) bond motifs is 8. The number of amides is 2. The normalized spacial score (nSPS) is 42.2. The second-order valence-corrected chi connectivity index (χ2v) is 24.8. The Kier molecular flexibility index (Phi) is 11.9. The lowest BCUT2D eigenvalue weighted by Crippen LogP contribution is -2.67. The van der Waals surface area contributed by atoms with Crippen molar-refractivity contribution in [3.63, 3.8) is 0 Å². The summed E-state index contributed by atoms with van der Waals surface area (Å²) in [4.78, 5) is 31.9. The fraction of sp³-hybridized carbons (Fsp3) is 0.815. The number of hydrogen-bond donors (Lipinski definition) is 3. The first-order valence-corrected chi connectivity index (χ1v) is 25.0. The van der Waals surface area contributed by atoms with E-state index in [4.69, 9.17) is 0 Å². The molecule has 7 aliphatic rings. The maximum absolute atomic E-state index is 15.6. The molecule has 6 heteroatoms. The predicted octanol–water partition coefficient (Wildman–Crippen LogP) is 10.9. The number of nitrogens with zero attached hydrogens (tertiary/aromatic N) is 1. The van der Waals surface area contributed by atoms with Crippen LogP contribution in [0.5, 0.6) is 0 Å². The van der Waals surface area contributed by atoms with E-state index in [1.807, 2.05) is 6.07 Å². The van der Waals surface area contributed by atoms with E-state index in [1.54, 1.807) is 0 Å². The molecule has 60 heavy (non-hydrogen) atoms. The second-order valence-electron chi connectivity index (χ2n) is 24.8. The van der Waals surface area contributed by atoms with E-state index in [9.17, 15) is 9.90 Å². The van der Waals surface area contributed by atoms with Gasteiger partial charge in [0.15, 0.2) is 0 Å². The Hall–Kier alpha value is -2.18. The minimum atomic E-state index is -0.814. The number of hydrogen-bond acceptors (Lipinski definition) is 4. The number of aliphatic hydroxyl groups excluding tert-OH is 1. The van der Waals surface area contributed by atoms with Gasteiger partial charge < -0.3 is 15.7 Å². The summed E-state index contributed by atoms with van der Waals surface area (Å²) in [7, 11) is 0. The number of nitrogens with one attached hydrogen (secondary N) is 2. The minimum Gasteiger partial charge on any atom is -0.390 e. The van der Waals surface area contributed by atoms with Gasteiger partial charge in [0.05, 0.1) is 23.6 Å². The Bertz CT molecular complexity index is 1750. The van der Waals surface area contributed by atoms with Crippen molar-refractivity contribution in [2.45, 2.75) is 195 Å². The average Bonchev–Trinajstić information content (AvgIpc) is 3.58. The average molecular weight is 824 g/mol. The van der Waals surface area contributed by atoms with Crippen LogP contribution in [0.1, 0.15) is 171 Å². The molecule has 6 aliphatic carbocycles. The zero-order chi connectivity index (χ0) is 43.0. The van der Waals surface area contributed by atoms with Crippen molar-refractivity contribution in [1.29, 1.82) is 0 Å². The minimum absolute atomic E-state index is 0.0734. The first-order valence-electron chi connectivity index (χ1n) is 25.0. The molecular formula is C54H85N3O3. The second kappa shape index (κ2) is 16.1. The van der Waals surface area contributed by atoms with Crippen LogP contribution in [-0.2, 0) is 16.0 Å². The van der Waals surface area contributed by atoms with E-state index >= 15 is 4.79 Å². The highest BCUT2D eigenvalue weighted by atomic mass is 16.3. The zero-order valence-electron chi connectivity index (χ0n) is 39.5. The van der Waals surface area contributed by atoms with Crippen LogP contribution in [0, 0.1) is 68.5 Å². The summed E-state index contributed by atoms with van der Waals surface area (Å²) in [6.45, 7) is 27.5. The fourth-order valence-corrected chi connectivity index (χ4v) is 17.1. The largest absolute Gasteiger partial charge is 0.390 e. The molecule has 0 spiro atoms. The summed E-state index contributed by atoms with van der Waals surface area (Å²) in [6.07, 6.45) is 18.7.